The number of carbonyl (C=O) groups excluding carboxylic acids is 2. The van der Waals surface area contributed by atoms with Gasteiger partial charge in [-0.15, -0.1) is 0 Å². The van der Waals surface area contributed by atoms with Crippen LogP contribution in [0.25, 0.3) is 5.76 Å². The summed E-state index contributed by atoms with van der Waals surface area (Å²) in [6.07, 6.45) is 1.62. The molecule has 8 heteroatoms. The topological polar surface area (TPSA) is 82.5 Å². The molecule has 2 aliphatic rings. The molecule has 0 bridgehead atoms. The molecule has 1 unspecified atom stereocenters. The highest BCUT2D eigenvalue weighted by molar-refractivity contribution is 6.46. The van der Waals surface area contributed by atoms with Gasteiger partial charge in [0.1, 0.15) is 11.5 Å². The van der Waals surface area contributed by atoms with Gasteiger partial charge in [-0.05, 0) is 61.2 Å². The number of aliphatic hydroxyl groups is 1. The Labute approximate surface area is 225 Å². The van der Waals surface area contributed by atoms with Gasteiger partial charge in [0.15, 0.2) is 0 Å². The number of aliphatic hydroxyl groups excluding tert-OH is 1. The predicted octanol–water partition coefficient (Wildman–Crippen LogP) is 3.99. The van der Waals surface area contributed by atoms with E-state index in [2.05, 4.69) is 4.90 Å². The summed E-state index contributed by atoms with van der Waals surface area (Å²) in [5.74, 6) is -0.669. The molecule has 2 aliphatic heterocycles. The molecule has 2 aromatic carbocycles. The fourth-order valence-corrected chi connectivity index (χ4v) is 5.06. The molecule has 204 valence electrons. The quantitative estimate of drug-likeness (QED) is 0.288. The van der Waals surface area contributed by atoms with Gasteiger partial charge in [0, 0.05) is 51.5 Å². The van der Waals surface area contributed by atoms with Crippen LogP contribution in [0.1, 0.15) is 42.5 Å². The number of hydrogen-bond acceptors (Lipinski definition) is 7. The van der Waals surface area contributed by atoms with E-state index in [-0.39, 0.29) is 11.3 Å². The lowest BCUT2D eigenvalue weighted by Gasteiger charge is -2.29. The van der Waals surface area contributed by atoms with Gasteiger partial charge in [0.05, 0.1) is 31.4 Å². The number of benzene rings is 2. The van der Waals surface area contributed by atoms with Gasteiger partial charge in [0.25, 0.3) is 11.7 Å². The van der Waals surface area contributed by atoms with Gasteiger partial charge in [-0.2, -0.15) is 0 Å². The molecule has 0 aromatic heterocycles. The smallest absolute Gasteiger partial charge is 0.295 e. The predicted molar refractivity (Wildman–Crippen MR) is 149 cm³/mol. The van der Waals surface area contributed by atoms with Crippen LogP contribution in [0.4, 0.5) is 5.69 Å². The van der Waals surface area contributed by atoms with Crippen molar-refractivity contribution in [2.75, 3.05) is 65.0 Å². The highest BCUT2D eigenvalue weighted by atomic mass is 16.5. The number of hydrogen-bond donors (Lipinski definition) is 1. The third-order valence-electron chi connectivity index (χ3n) is 7.17. The van der Waals surface area contributed by atoms with Crippen molar-refractivity contribution < 1.29 is 24.2 Å². The Morgan fingerprint density at radius 1 is 1.08 bits per heavy atom. The second-order valence-electron chi connectivity index (χ2n) is 10.1. The highest BCUT2D eigenvalue weighted by Crippen LogP contribution is 2.40. The van der Waals surface area contributed by atoms with Gasteiger partial charge in [-0.3, -0.25) is 14.5 Å². The first kappa shape index (κ1) is 27.7. The third kappa shape index (κ3) is 6.03. The first-order chi connectivity index (χ1) is 18.3. The number of anilines is 1. The van der Waals surface area contributed by atoms with E-state index in [9.17, 15) is 14.7 Å². The van der Waals surface area contributed by atoms with Crippen LogP contribution in [0.5, 0.6) is 5.75 Å². The molecular weight excluding hydrogens is 482 g/mol. The average molecular weight is 522 g/mol. The number of nitrogens with zero attached hydrogens (tertiary/aromatic N) is 3. The number of Topliss-reactive ketones (excluding diaryl/α,β-unsaturated/α-hetero) is 1. The number of ether oxygens (including phenoxy) is 2. The van der Waals surface area contributed by atoms with E-state index in [1.54, 1.807) is 17.0 Å². The Bertz CT molecular complexity index is 1170. The summed E-state index contributed by atoms with van der Waals surface area (Å²) >= 11 is 0. The van der Waals surface area contributed by atoms with E-state index in [1.165, 1.54) is 0 Å². The zero-order valence-corrected chi connectivity index (χ0v) is 22.9. The van der Waals surface area contributed by atoms with Crippen molar-refractivity contribution in [2.24, 2.45) is 0 Å². The lowest BCUT2D eigenvalue weighted by Crippen LogP contribution is -2.38. The Hall–Kier alpha value is -3.36. The molecule has 2 aromatic rings. The van der Waals surface area contributed by atoms with Crippen molar-refractivity contribution in [3.63, 3.8) is 0 Å². The van der Waals surface area contributed by atoms with Crippen LogP contribution >= 0.6 is 0 Å². The largest absolute Gasteiger partial charge is 0.507 e. The minimum absolute atomic E-state index is 0.129. The van der Waals surface area contributed by atoms with Gasteiger partial charge in [-0.25, -0.2) is 0 Å². The molecule has 2 saturated heterocycles. The average Bonchev–Trinajstić information content (AvgIpc) is 3.17. The van der Waals surface area contributed by atoms with Crippen molar-refractivity contribution in [1.29, 1.82) is 0 Å². The molecule has 1 atom stereocenters. The molecule has 0 saturated carbocycles. The summed E-state index contributed by atoms with van der Waals surface area (Å²) in [4.78, 5) is 32.6. The molecular formula is C30H39N3O5. The Morgan fingerprint density at radius 3 is 2.42 bits per heavy atom. The second kappa shape index (κ2) is 12.5. The molecule has 0 aliphatic carbocycles. The van der Waals surface area contributed by atoms with E-state index in [4.69, 9.17) is 9.47 Å². The lowest BCUT2D eigenvalue weighted by atomic mass is 9.93. The van der Waals surface area contributed by atoms with Gasteiger partial charge in [-0.1, -0.05) is 19.1 Å². The summed E-state index contributed by atoms with van der Waals surface area (Å²) in [7, 11) is 3.92. The summed E-state index contributed by atoms with van der Waals surface area (Å²) in [6, 6.07) is 12.5. The number of morpholine rings is 1. The Balaban J connectivity index is 1.68. The summed E-state index contributed by atoms with van der Waals surface area (Å²) in [6.45, 7) is 8.90. The van der Waals surface area contributed by atoms with Crippen molar-refractivity contribution in [3.8, 4) is 5.75 Å². The molecule has 2 heterocycles. The maximum atomic E-state index is 13.4. The summed E-state index contributed by atoms with van der Waals surface area (Å²) in [5, 5.41) is 11.5. The van der Waals surface area contributed by atoms with Crippen LogP contribution in [-0.4, -0.2) is 86.7 Å². The molecule has 8 nitrogen and oxygen atoms in total. The van der Waals surface area contributed by atoms with Crippen LogP contribution in [0.15, 0.2) is 48.0 Å². The first-order valence-corrected chi connectivity index (χ1v) is 13.4. The monoisotopic (exact) mass is 521 g/mol. The maximum absolute atomic E-state index is 13.4. The zero-order chi connectivity index (χ0) is 27.2. The lowest BCUT2D eigenvalue weighted by molar-refractivity contribution is -0.140. The van der Waals surface area contributed by atoms with E-state index in [1.807, 2.05) is 63.2 Å². The molecule has 4 rings (SSSR count). The van der Waals surface area contributed by atoms with Crippen LogP contribution in [0, 0.1) is 6.92 Å². The van der Waals surface area contributed by atoms with Crippen LogP contribution in [0.3, 0.4) is 0 Å². The minimum Gasteiger partial charge on any atom is -0.507 e. The molecule has 38 heavy (non-hydrogen) atoms. The van der Waals surface area contributed by atoms with Crippen LogP contribution in [-0.2, 0) is 14.3 Å². The van der Waals surface area contributed by atoms with Gasteiger partial charge < -0.3 is 24.4 Å². The fraction of sp³-hybridized carbons (Fsp3) is 0.467. The maximum Gasteiger partial charge on any atom is 0.295 e. The standard InChI is InChI=1S/C30H39N3O5/c1-5-17-38-24-11-12-25(21(2)20-24)28(34)26-27(22-7-9-23(10-8-22)31(3)4)33(30(36)29(26)35)14-6-13-32-15-18-37-19-16-32/h7-12,20,27,34H,5-6,13-19H2,1-4H3/b28-26-. The number of amides is 1. The molecule has 0 spiro atoms. The van der Waals surface area contributed by atoms with Gasteiger partial charge in [0.2, 0.25) is 0 Å². The SMILES string of the molecule is CCCOc1ccc(/C(O)=C2/C(=O)C(=O)N(CCCN3CCOCC3)C2c2ccc(N(C)C)cc2)c(C)c1. The summed E-state index contributed by atoms with van der Waals surface area (Å²) < 4.78 is 11.2. The first-order valence-electron chi connectivity index (χ1n) is 13.4. The highest BCUT2D eigenvalue weighted by Gasteiger charge is 2.46. The van der Waals surface area contributed by atoms with Crippen molar-refractivity contribution in [3.05, 3.63) is 64.7 Å². The van der Waals surface area contributed by atoms with Crippen molar-refractivity contribution >= 4 is 23.1 Å². The number of likely N-dealkylation sites (tertiary alicyclic amines) is 1. The second-order valence-corrected chi connectivity index (χ2v) is 10.1. The minimum atomic E-state index is -0.661. The fourth-order valence-electron chi connectivity index (χ4n) is 5.06. The third-order valence-corrected chi connectivity index (χ3v) is 7.17. The van der Waals surface area contributed by atoms with Gasteiger partial charge >= 0.3 is 0 Å². The Kier molecular flexibility index (Phi) is 9.07. The van der Waals surface area contributed by atoms with Crippen LogP contribution < -0.4 is 9.64 Å². The van der Waals surface area contributed by atoms with E-state index < -0.39 is 17.7 Å². The number of aryl methyl sites for hydroxylation is 1. The molecule has 0 radical (unpaired) electrons. The van der Waals surface area contributed by atoms with E-state index >= 15 is 0 Å². The number of carbonyl (C=O) groups is 2. The molecule has 2 fully saturated rings. The van der Waals surface area contributed by atoms with Crippen LogP contribution in [0.2, 0.25) is 0 Å². The molecule has 1 N–H and O–H groups in total. The van der Waals surface area contributed by atoms with E-state index in [0.29, 0.717) is 37.7 Å². The zero-order valence-electron chi connectivity index (χ0n) is 22.9. The van der Waals surface area contributed by atoms with Crippen molar-refractivity contribution in [1.82, 2.24) is 9.80 Å². The number of rotatable bonds is 10. The van der Waals surface area contributed by atoms with Crippen molar-refractivity contribution in [2.45, 2.75) is 32.7 Å². The normalized spacial score (nSPS) is 19.7. The number of ketones is 1. The summed E-state index contributed by atoms with van der Waals surface area (Å²) in [5.41, 5.74) is 3.23. The Morgan fingerprint density at radius 2 is 1.79 bits per heavy atom. The molecule has 1 amide bonds. The van der Waals surface area contributed by atoms with E-state index in [0.717, 1.165) is 49.3 Å².